The van der Waals surface area contributed by atoms with Gasteiger partial charge in [-0.1, -0.05) is 65.5 Å². The van der Waals surface area contributed by atoms with E-state index in [4.69, 9.17) is 4.74 Å². The van der Waals surface area contributed by atoms with Crippen LogP contribution in [0.15, 0.2) is 11.6 Å². The van der Waals surface area contributed by atoms with Gasteiger partial charge in [-0.05, 0) is 104 Å². The van der Waals surface area contributed by atoms with Gasteiger partial charge in [0.25, 0.3) is 0 Å². The van der Waals surface area contributed by atoms with Crippen LogP contribution < -0.4 is 0 Å². The number of ether oxygens (including phenoxy) is 1. The second-order valence-electron chi connectivity index (χ2n) is 13.2. The number of epoxide rings is 1. The first-order valence-electron chi connectivity index (χ1n) is 13.6. The molecule has 0 spiro atoms. The first-order chi connectivity index (χ1) is 14.3. The molecule has 1 nitrogen and oxygen atoms in total. The fourth-order valence-corrected chi connectivity index (χ4v) is 9.36. The molecule has 0 aromatic heterocycles. The van der Waals surface area contributed by atoms with Gasteiger partial charge >= 0.3 is 0 Å². The van der Waals surface area contributed by atoms with Crippen molar-refractivity contribution in [2.24, 2.45) is 52.3 Å². The molecule has 0 aromatic carbocycles. The summed E-state index contributed by atoms with van der Waals surface area (Å²) >= 11 is 0. The Morgan fingerprint density at radius 3 is 2.53 bits per heavy atom. The highest BCUT2D eigenvalue weighted by atomic mass is 16.6. The summed E-state index contributed by atoms with van der Waals surface area (Å²) < 4.78 is 5.69. The van der Waals surface area contributed by atoms with Gasteiger partial charge in [0.05, 0.1) is 12.7 Å². The minimum Gasteiger partial charge on any atom is -0.373 e. The first-order valence-corrected chi connectivity index (χ1v) is 13.6. The van der Waals surface area contributed by atoms with Crippen molar-refractivity contribution in [2.45, 2.75) is 111 Å². The lowest BCUT2D eigenvalue weighted by atomic mass is 9.46. The zero-order valence-corrected chi connectivity index (χ0v) is 20.6. The molecule has 5 aliphatic rings. The zero-order chi connectivity index (χ0) is 21.1. The maximum absolute atomic E-state index is 5.69. The van der Waals surface area contributed by atoms with Crippen molar-refractivity contribution in [2.75, 3.05) is 6.61 Å². The average Bonchev–Trinajstić information content (AvgIpc) is 3.48. The monoisotopic (exact) mass is 412 g/mol. The summed E-state index contributed by atoms with van der Waals surface area (Å²) in [7, 11) is 0. The molecule has 30 heavy (non-hydrogen) atoms. The molecule has 5 rings (SSSR count). The molecule has 1 saturated heterocycles. The van der Waals surface area contributed by atoms with Crippen molar-refractivity contribution in [1.82, 2.24) is 0 Å². The van der Waals surface area contributed by atoms with Gasteiger partial charge in [0.2, 0.25) is 0 Å². The number of fused-ring (bicyclic) bond motifs is 5. The molecule has 170 valence electrons. The lowest BCUT2D eigenvalue weighted by Gasteiger charge is -2.58. The minimum absolute atomic E-state index is 0.511. The number of allylic oxidation sites excluding steroid dienone is 2. The molecular formula is C29H48O. The van der Waals surface area contributed by atoms with Crippen molar-refractivity contribution in [3.63, 3.8) is 0 Å². The largest absolute Gasteiger partial charge is 0.373 e. The minimum atomic E-state index is 0.511. The quantitative estimate of drug-likeness (QED) is 0.317. The zero-order valence-electron chi connectivity index (χ0n) is 20.6. The smallest absolute Gasteiger partial charge is 0.0841 e. The summed E-state index contributed by atoms with van der Waals surface area (Å²) in [6, 6.07) is 0. The third kappa shape index (κ3) is 3.54. The summed E-state index contributed by atoms with van der Waals surface area (Å²) in [5.74, 6) is 6.53. The van der Waals surface area contributed by atoms with Gasteiger partial charge in [-0.15, -0.1) is 0 Å². The van der Waals surface area contributed by atoms with Crippen LogP contribution in [0.4, 0.5) is 0 Å². The van der Waals surface area contributed by atoms with Gasteiger partial charge in [-0.25, -0.2) is 0 Å². The van der Waals surface area contributed by atoms with E-state index in [-0.39, 0.29) is 0 Å². The van der Waals surface area contributed by atoms with Crippen LogP contribution in [0.2, 0.25) is 0 Å². The Balaban J connectivity index is 1.30. The van der Waals surface area contributed by atoms with E-state index in [9.17, 15) is 0 Å². The summed E-state index contributed by atoms with van der Waals surface area (Å²) in [6.45, 7) is 13.8. The molecule has 4 fully saturated rings. The summed E-state index contributed by atoms with van der Waals surface area (Å²) in [5.41, 5.74) is 2.98. The normalized spacial score (nSPS) is 48.5. The molecule has 1 heterocycles. The van der Waals surface area contributed by atoms with Crippen LogP contribution in [-0.4, -0.2) is 12.7 Å². The van der Waals surface area contributed by atoms with Crippen LogP contribution in [0.5, 0.6) is 0 Å². The van der Waals surface area contributed by atoms with Gasteiger partial charge in [-0.2, -0.15) is 0 Å². The van der Waals surface area contributed by atoms with E-state index in [2.05, 4.69) is 40.7 Å². The third-order valence-corrected chi connectivity index (χ3v) is 11.2. The van der Waals surface area contributed by atoms with Crippen LogP contribution in [0.1, 0.15) is 105 Å². The predicted octanol–water partition coefficient (Wildman–Crippen LogP) is 8.04. The SMILES string of the molecule is CC(C)CCC[C@H](C)[C@H]1CC[C@H]2C3CC=C4C[C@@H](C5CO5)CCC4(C)[C@H]3CC[C@]12C. The van der Waals surface area contributed by atoms with Crippen LogP contribution >= 0.6 is 0 Å². The Labute approximate surface area is 186 Å². The van der Waals surface area contributed by atoms with Crippen LogP contribution in [0.3, 0.4) is 0 Å². The van der Waals surface area contributed by atoms with Gasteiger partial charge in [0.15, 0.2) is 0 Å². The van der Waals surface area contributed by atoms with E-state index in [0.29, 0.717) is 16.9 Å². The Morgan fingerprint density at radius 2 is 1.80 bits per heavy atom. The maximum atomic E-state index is 5.69. The predicted molar refractivity (Wildman–Crippen MR) is 126 cm³/mol. The van der Waals surface area contributed by atoms with E-state index in [1.54, 1.807) is 0 Å². The molecule has 0 bridgehead atoms. The Bertz CT molecular complexity index is 659. The average molecular weight is 413 g/mol. The topological polar surface area (TPSA) is 12.5 Å². The highest BCUT2D eigenvalue weighted by molar-refractivity contribution is 5.25. The second kappa shape index (κ2) is 7.93. The van der Waals surface area contributed by atoms with E-state index in [1.165, 1.54) is 70.6 Å². The fraction of sp³-hybridized carbons (Fsp3) is 0.931. The van der Waals surface area contributed by atoms with Crippen LogP contribution in [-0.2, 0) is 4.74 Å². The summed E-state index contributed by atoms with van der Waals surface area (Å²) in [5, 5.41) is 0. The molecule has 9 atom stereocenters. The standard InChI is InChI=1S/C29H48O/c1-19(2)7-6-8-20(3)24-11-12-25-23-10-9-22-17-21(27-18-30-27)13-15-28(22,4)26(23)14-16-29(24,25)5/h9,19-21,23-27H,6-8,10-18H2,1-5H3/t20-,21-,23?,24+,25-,26-,27?,28?,29+/m0/s1. The van der Waals surface area contributed by atoms with Crippen LogP contribution in [0.25, 0.3) is 0 Å². The molecular weight excluding hydrogens is 364 g/mol. The first kappa shape index (κ1) is 21.5. The maximum Gasteiger partial charge on any atom is 0.0841 e. The highest BCUT2D eigenvalue weighted by Crippen LogP contribution is 2.67. The molecule has 3 unspecified atom stereocenters. The molecule has 4 aliphatic carbocycles. The molecule has 0 aromatic rings. The van der Waals surface area contributed by atoms with Crippen molar-refractivity contribution >= 4 is 0 Å². The summed E-state index contributed by atoms with van der Waals surface area (Å²) in [4.78, 5) is 0. The second-order valence-corrected chi connectivity index (χ2v) is 13.2. The Morgan fingerprint density at radius 1 is 1.00 bits per heavy atom. The molecule has 3 saturated carbocycles. The fourth-order valence-electron chi connectivity index (χ4n) is 9.36. The van der Waals surface area contributed by atoms with Crippen LogP contribution in [0, 0.1) is 52.3 Å². The van der Waals surface area contributed by atoms with Crippen molar-refractivity contribution in [1.29, 1.82) is 0 Å². The van der Waals surface area contributed by atoms with Crippen molar-refractivity contribution in [3.05, 3.63) is 11.6 Å². The third-order valence-electron chi connectivity index (χ3n) is 11.2. The van der Waals surface area contributed by atoms with E-state index < -0.39 is 0 Å². The van der Waals surface area contributed by atoms with Crippen molar-refractivity contribution in [3.8, 4) is 0 Å². The molecule has 0 amide bonds. The molecule has 1 aliphatic heterocycles. The van der Waals surface area contributed by atoms with E-state index >= 15 is 0 Å². The van der Waals surface area contributed by atoms with Gasteiger partial charge in [-0.3, -0.25) is 0 Å². The molecule has 0 radical (unpaired) electrons. The number of hydrogen-bond donors (Lipinski definition) is 0. The van der Waals surface area contributed by atoms with E-state index in [1.807, 2.05) is 5.57 Å². The molecule has 0 N–H and O–H groups in total. The van der Waals surface area contributed by atoms with Gasteiger partial charge in [0, 0.05) is 0 Å². The lowest BCUT2D eigenvalue weighted by Crippen LogP contribution is -2.50. The Kier molecular flexibility index (Phi) is 5.69. The number of hydrogen-bond acceptors (Lipinski definition) is 1. The van der Waals surface area contributed by atoms with Gasteiger partial charge in [0.1, 0.15) is 0 Å². The Hall–Kier alpha value is -0.300. The van der Waals surface area contributed by atoms with Gasteiger partial charge < -0.3 is 4.74 Å². The lowest BCUT2D eigenvalue weighted by molar-refractivity contribution is -0.0533. The highest BCUT2D eigenvalue weighted by Gasteiger charge is 2.59. The van der Waals surface area contributed by atoms with E-state index in [0.717, 1.165) is 48.0 Å². The van der Waals surface area contributed by atoms with Crippen molar-refractivity contribution < 1.29 is 4.74 Å². The number of rotatable bonds is 6. The summed E-state index contributed by atoms with van der Waals surface area (Å²) in [6.07, 6.45) is 19.3. The molecule has 1 heteroatoms.